The van der Waals surface area contributed by atoms with Crippen molar-refractivity contribution in [1.82, 2.24) is 10.3 Å². The molecule has 1 atom stereocenters. The van der Waals surface area contributed by atoms with Gasteiger partial charge in [-0.2, -0.15) is 0 Å². The third-order valence-electron chi connectivity index (χ3n) is 4.24. The number of thiazole rings is 1. The Morgan fingerprint density at radius 2 is 2.24 bits per heavy atom. The van der Waals surface area contributed by atoms with E-state index in [1.165, 1.54) is 54.4 Å². The number of rotatable bonds is 7. The minimum Gasteiger partial charge on any atom is -0.383 e. The summed E-state index contributed by atoms with van der Waals surface area (Å²) in [5.41, 5.74) is 1.18. The zero-order chi connectivity index (χ0) is 15.1. The van der Waals surface area contributed by atoms with Gasteiger partial charge < -0.3 is 15.0 Å². The molecule has 0 bridgehead atoms. The van der Waals surface area contributed by atoms with E-state index in [0.717, 1.165) is 19.7 Å². The van der Waals surface area contributed by atoms with Crippen LogP contribution in [0.2, 0.25) is 0 Å². The number of hydrogen-bond donors (Lipinski definition) is 1. The lowest BCUT2D eigenvalue weighted by Gasteiger charge is -2.28. The maximum Gasteiger partial charge on any atom is 0.186 e. The number of hydrogen-bond acceptors (Lipinski definition) is 5. The van der Waals surface area contributed by atoms with E-state index in [9.17, 15) is 0 Å². The molecule has 2 heterocycles. The third-order valence-corrected chi connectivity index (χ3v) is 5.44. The van der Waals surface area contributed by atoms with Gasteiger partial charge in [0.05, 0.1) is 12.3 Å². The number of aryl methyl sites for hydroxylation is 1. The van der Waals surface area contributed by atoms with Crippen LogP contribution in [-0.2, 0) is 11.3 Å². The van der Waals surface area contributed by atoms with Crippen LogP contribution in [0.15, 0.2) is 0 Å². The van der Waals surface area contributed by atoms with E-state index in [-0.39, 0.29) is 0 Å². The maximum atomic E-state index is 5.07. The van der Waals surface area contributed by atoms with Crippen molar-refractivity contribution in [3.05, 3.63) is 10.6 Å². The minimum atomic E-state index is 0.673. The predicted octanol–water partition coefficient (Wildman–Crippen LogP) is 3.35. The molecule has 1 aromatic heterocycles. The van der Waals surface area contributed by atoms with Gasteiger partial charge in [0.25, 0.3) is 0 Å². The second-order valence-electron chi connectivity index (χ2n) is 5.78. The normalized spacial score (nSPS) is 19.8. The summed E-state index contributed by atoms with van der Waals surface area (Å²) < 4.78 is 5.07. The fourth-order valence-corrected chi connectivity index (χ4v) is 4.06. The highest BCUT2D eigenvalue weighted by Gasteiger charge is 2.23. The molecular weight excluding hydrogens is 282 g/mol. The van der Waals surface area contributed by atoms with Crippen molar-refractivity contribution >= 4 is 16.5 Å². The molecule has 1 aliphatic heterocycles. The standard InChI is InChI=1S/C16H29N3OS/c1-4-14-8-6-5-7-10-19(14)16-18-13(2)15(21-16)12-17-9-11-20-3/h14,17H,4-12H2,1-3H3. The highest BCUT2D eigenvalue weighted by Crippen LogP contribution is 2.31. The van der Waals surface area contributed by atoms with Gasteiger partial charge in [-0.15, -0.1) is 11.3 Å². The van der Waals surface area contributed by atoms with Crippen LogP contribution < -0.4 is 10.2 Å². The Morgan fingerprint density at radius 1 is 1.38 bits per heavy atom. The summed E-state index contributed by atoms with van der Waals surface area (Å²) >= 11 is 1.86. The fourth-order valence-electron chi connectivity index (χ4n) is 2.93. The monoisotopic (exact) mass is 311 g/mol. The van der Waals surface area contributed by atoms with Crippen molar-refractivity contribution in [3.63, 3.8) is 0 Å². The fraction of sp³-hybridized carbons (Fsp3) is 0.812. The van der Waals surface area contributed by atoms with Crippen molar-refractivity contribution < 1.29 is 4.74 Å². The van der Waals surface area contributed by atoms with Gasteiger partial charge in [0.1, 0.15) is 0 Å². The van der Waals surface area contributed by atoms with Crippen LogP contribution in [0.1, 0.15) is 49.6 Å². The summed E-state index contributed by atoms with van der Waals surface area (Å²) in [6, 6.07) is 0.673. The van der Waals surface area contributed by atoms with Gasteiger partial charge in [-0.05, 0) is 26.2 Å². The van der Waals surface area contributed by atoms with Crippen molar-refractivity contribution in [1.29, 1.82) is 0 Å². The lowest BCUT2D eigenvalue weighted by atomic mass is 10.1. The Morgan fingerprint density at radius 3 is 3.00 bits per heavy atom. The van der Waals surface area contributed by atoms with Crippen LogP contribution in [0, 0.1) is 6.92 Å². The molecule has 0 spiro atoms. The molecule has 1 unspecified atom stereocenters. The molecule has 1 N–H and O–H groups in total. The van der Waals surface area contributed by atoms with Crippen molar-refractivity contribution in [2.45, 2.75) is 58.5 Å². The molecule has 1 aromatic rings. The van der Waals surface area contributed by atoms with Gasteiger partial charge in [0.15, 0.2) is 5.13 Å². The Kier molecular flexibility index (Phi) is 6.93. The van der Waals surface area contributed by atoms with Crippen molar-refractivity contribution in [2.24, 2.45) is 0 Å². The number of anilines is 1. The van der Waals surface area contributed by atoms with E-state index in [0.29, 0.717) is 6.04 Å². The Hall–Kier alpha value is -0.650. The summed E-state index contributed by atoms with van der Waals surface area (Å²) in [7, 11) is 1.74. The van der Waals surface area contributed by atoms with E-state index in [1.807, 2.05) is 11.3 Å². The molecule has 120 valence electrons. The topological polar surface area (TPSA) is 37.4 Å². The average Bonchev–Trinajstić information content (AvgIpc) is 2.72. The predicted molar refractivity (Wildman–Crippen MR) is 90.3 cm³/mol. The zero-order valence-corrected chi connectivity index (χ0v) is 14.5. The summed E-state index contributed by atoms with van der Waals surface area (Å²) in [5, 5.41) is 4.65. The smallest absolute Gasteiger partial charge is 0.186 e. The van der Waals surface area contributed by atoms with E-state index in [1.54, 1.807) is 7.11 Å². The SMILES string of the molecule is CCC1CCCCCN1c1nc(C)c(CNCCOC)s1. The van der Waals surface area contributed by atoms with Crippen LogP contribution in [0.3, 0.4) is 0 Å². The molecule has 21 heavy (non-hydrogen) atoms. The summed E-state index contributed by atoms with van der Waals surface area (Å²) in [5.74, 6) is 0. The first-order valence-corrected chi connectivity index (χ1v) is 9.00. The van der Waals surface area contributed by atoms with Gasteiger partial charge in [0.2, 0.25) is 0 Å². The first kappa shape index (κ1) is 16.7. The van der Waals surface area contributed by atoms with E-state index >= 15 is 0 Å². The largest absolute Gasteiger partial charge is 0.383 e. The summed E-state index contributed by atoms with van der Waals surface area (Å²) in [6.45, 7) is 8.15. The molecule has 0 aliphatic carbocycles. The molecular formula is C16H29N3OS. The van der Waals surface area contributed by atoms with Crippen LogP contribution in [0.25, 0.3) is 0 Å². The maximum absolute atomic E-state index is 5.07. The summed E-state index contributed by atoms with van der Waals surface area (Å²) in [4.78, 5) is 8.77. The van der Waals surface area contributed by atoms with Crippen LogP contribution in [0.4, 0.5) is 5.13 Å². The summed E-state index contributed by atoms with van der Waals surface area (Å²) in [6.07, 6.45) is 6.57. The molecule has 0 saturated carbocycles. The van der Waals surface area contributed by atoms with Crippen LogP contribution in [-0.4, -0.2) is 37.8 Å². The second kappa shape index (κ2) is 8.71. The van der Waals surface area contributed by atoms with E-state index < -0.39 is 0 Å². The van der Waals surface area contributed by atoms with Gasteiger partial charge in [0, 0.05) is 37.7 Å². The minimum absolute atomic E-state index is 0.673. The highest BCUT2D eigenvalue weighted by molar-refractivity contribution is 7.15. The molecule has 0 aromatic carbocycles. The first-order chi connectivity index (χ1) is 10.3. The first-order valence-electron chi connectivity index (χ1n) is 8.18. The lowest BCUT2D eigenvalue weighted by molar-refractivity contribution is 0.199. The number of aromatic nitrogens is 1. The van der Waals surface area contributed by atoms with Crippen molar-refractivity contribution in [2.75, 3.05) is 31.7 Å². The Bertz CT molecular complexity index is 422. The number of ether oxygens (including phenoxy) is 1. The van der Waals surface area contributed by atoms with Gasteiger partial charge >= 0.3 is 0 Å². The number of nitrogens with zero attached hydrogens (tertiary/aromatic N) is 2. The number of methoxy groups -OCH3 is 1. The van der Waals surface area contributed by atoms with Gasteiger partial charge in [-0.3, -0.25) is 0 Å². The van der Waals surface area contributed by atoms with Crippen molar-refractivity contribution in [3.8, 4) is 0 Å². The highest BCUT2D eigenvalue weighted by atomic mass is 32.1. The molecule has 2 rings (SSSR count). The average molecular weight is 311 g/mol. The van der Waals surface area contributed by atoms with E-state index in [2.05, 4.69) is 24.1 Å². The lowest BCUT2D eigenvalue weighted by Crippen LogP contribution is -2.34. The second-order valence-corrected chi connectivity index (χ2v) is 6.84. The quantitative estimate of drug-likeness (QED) is 0.784. The van der Waals surface area contributed by atoms with Gasteiger partial charge in [-0.1, -0.05) is 19.8 Å². The van der Waals surface area contributed by atoms with Crippen LogP contribution in [0.5, 0.6) is 0 Å². The number of nitrogens with one attached hydrogen (secondary N) is 1. The molecule has 5 heteroatoms. The van der Waals surface area contributed by atoms with E-state index in [4.69, 9.17) is 9.72 Å². The van der Waals surface area contributed by atoms with Crippen LogP contribution >= 0.6 is 11.3 Å². The molecule has 0 amide bonds. The zero-order valence-electron chi connectivity index (χ0n) is 13.7. The molecule has 1 aliphatic rings. The Balaban J connectivity index is 2.01. The third kappa shape index (κ3) is 4.66. The molecule has 1 saturated heterocycles. The molecule has 0 radical (unpaired) electrons. The molecule has 1 fully saturated rings. The Labute approximate surface area is 132 Å². The molecule has 4 nitrogen and oxygen atoms in total. The van der Waals surface area contributed by atoms with Gasteiger partial charge in [-0.25, -0.2) is 4.98 Å².